The Morgan fingerprint density at radius 3 is 2.75 bits per heavy atom. The van der Waals surface area contributed by atoms with Gasteiger partial charge in [0.05, 0.1) is 6.26 Å². The summed E-state index contributed by atoms with van der Waals surface area (Å²) in [7, 11) is 1.52. The molecule has 0 radical (unpaired) electrons. The van der Waals surface area contributed by atoms with Crippen LogP contribution < -0.4 is 10.6 Å². The average molecular weight is 328 g/mol. The number of anilines is 1. The van der Waals surface area contributed by atoms with Gasteiger partial charge in [-0.15, -0.1) is 0 Å². The smallest absolute Gasteiger partial charge is 0.331 e. The van der Waals surface area contributed by atoms with Crippen molar-refractivity contribution in [1.82, 2.24) is 5.32 Å². The van der Waals surface area contributed by atoms with Gasteiger partial charge in [-0.25, -0.2) is 4.79 Å². The Hall–Kier alpha value is -3.35. The lowest BCUT2D eigenvalue weighted by molar-refractivity contribution is -0.142. The van der Waals surface area contributed by atoms with E-state index in [0.29, 0.717) is 17.0 Å². The summed E-state index contributed by atoms with van der Waals surface area (Å²) in [5.74, 6) is -0.938. The second-order valence-corrected chi connectivity index (χ2v) is 4.66. The molecule has 1 aromatic heterocycles. The van der Waals surface area contributed by atoms with Crippen molar-refractivity contribution in [2.45, 2.75) is 0 Å². The highest BCUT2D eigenvalue weighted by Crippen LogP contribution is 2.10. The number of benzene rings is 1. The zero-order valence-electron chi connectivity index (χ0n) is 12.9. The molecule has 0 fully saturated rings. The first kappa shape index (κ1) is 17.0. The molecule has 0 aliphatic carbocycles. The van der Waals surface area contributed by atoms with Crippen LogP contribution >= 0.6 is 0 Å². The number of carbonyl (C=O) groups excluding carboxylic acids is 3. The van der Waals surface area contributed by atoms with Crippen LogP contribution in [0, 0.1) is 0 Å². The first-order chi connectivity index (χ1) is 11.6. The molecule has 0 saturated heterocycles. The van der Waals surface area contributed by atoms with Crippen LogP contribution in [-0.2, 0) is 14.3 Å². The van der Waals surface area contributed by atoms with Crippen molar-refractivity contribution in [2.24, 2.45) is 0 Å². The molecule has 0 unspecified atom stereocenters. The third kappa shape index (κ3) is 5.13. The fourth-order valence-corrected chi connectivity index (χ4v) is 1.80. The van der Waals surface area contributed by atoms with Crippen LogP contribution in [0.3, 0.4) is 0 Å². The summed E-state index contributed by atoms with van der Waals surface area (Å²) in [6.45, 7) is -0.439. The van der Waals surface area contributed by atoms with Gasteiger partial charge in [-0.2, -0.15) is 0 Å². The predicted octanol–water partition coefficient (Wildman–Crippen LogP) is 1.83. The number of hydrogen-bond donors (Lipinski definition) is 2. The molecule has 0 atom stereocenters. The summed E-state index contributed by atoms with van der Waals surface area (Å²) >= 11 is 0. The van der Waals surface area contributed by atoms with Gasteiger partial charge >= 0.3 is 5.97 Å². The quantitative estimate of drug-likeness (QED) is 0.623. The summed E-state index contributed by atoms with van der Waals surface area (Å²) in [4.78, 5) is 34.8. The van der Waals surface area contributed by atoms with Crippen molar-refractivity contribution in [3.63, 3.8) is 0 Å². The van der Waals surface area contributed by atoms with E-state index in [4.69, 9.17) is 9.15 Å². The third-order valence-corrected chi connectivity index (χ3v) is 2.91. The Labute approximate surface area is 138 Å². The molecule has 1 aromatic carbocycles. The van der Waals surface area contributed by atoms with E-state index in [1.54, 1.807) is 30.3 Å². The van der Waals surface area contributed by atoms with Crippen LogP contribution in [0.2, 0.25) is 0 Å². The van der Waals surface area contributed by atoms with Crippen molar-refractivity contribution in [2.75, 3.05) is 19.0 Å². The largest absolute Gasteiger partial charge is 0.465 e. The molecule has 0 saturated carbocycles. The van der Waals surface area contributed by atoms with Crippen LogP contribution in [0.5, 0.6) is 0 Å². The molecule has 0 aliphatic rings. The SMILES string of the molecule is CNC(=O)c1cccc(NC(=O)COC(=O)/C=C/c2ccco2)c1. The van der Waals surface area contributed by atoms with Gasteiger partial charge in [0.2, 0.25) is 0 Å². The predicted molar refractivity (Wildman–Crippen MR) is 87.2 cm³/mol. The van der Waals surface area contributed by atoms with E-state index in [9.17, 15) is 14.4 Å². The molecule has 0 spiro atoms. The van der Waals surface area contributed by atoms with E-state index in [1.165, 1.54) is 31.5 Å². The molecule has 0 aliphatic heterocycles. The average Bonchev–Trinajstić information content (AvgIpc) is 3.11. The van der Waals surface area contributed by atoms with E-state index >= 15 is 0 Å². The molecule has 7 nitrogen and oxygen atoms in total. The first-order valence-corrected chi connectivity index (χ1v) is 7.09. The van der Waals surface area contributed by atoms with E-state index in [0.717, 1.165) is 0 Å². The zero-order valence-corrected chi connectivity index (χ0v) is 12.9. The topological polar surface area (TPSA) is 97.6 Å². The van der Waals surface area contributed by atoms with E-state index < -0.39 is 18.5 Å². The number of rotatable bonds is 6. The number of nitrogens with one attached hydrogen (secondary N) is 2. The Morgan fingerprint density at radius 1 is 1.21 bits per heavy atom. The monoisotopic (exact) mass is 328 g/mol. The van der Waals surface area contributed by atoms with Gasteiger partial charge in [-0.3, -0.25) is 9.59 Å². The number of furan rings is 1. The number of amides is 2. The van der Waals surface area contributed by atoms with Crippen LogP contribution in [0.25, 0.3) is 6.08 Å². The minimum Gasteiger partial charge on any atom is -0.465 e. The zero-order chi connectivity index (χ0) is 17.4. The highest BCUT2D eigenvalue weighted by Gasteiger charge is 2.08. The third-order valence-electron chi connectivity index (χ3n) is 2.91. The summed E-state index contributed by atoms with van der Waals surface area (Å²) in [6.07, 6.45) is 4.08. The standard InChI is InChI=1S/C17H16N2O5/c1-18-17(22)12-4-2-5-13(10-12)19-15(20)11-24-16(21)8-7-14-6-3-9-23-14/h2-10H,11H2,1H3,(H,18,22)(H,19,20)/b8-7+. The normalized spacial score (nSPS) is 10.4. The highest BCUT2D eigenvalue weighted by molar-refractivity contribution is 5.98. The van der Waals surface area contributed by atoms with Gasteiger partial charge in [0.1, 0.15) is 5.76 Å². The molecule has 1 heterocycles. The number of esters is 1. The second-order valence-electron chi connectivity index (χ2n) is 4.66. The molecule has 124 valence electrons. The maximum Gasteiger partial charge on any atom is 0.331 e. The second kappa shape index (κ2) is 8.33. The summed E-state index contributed by atoms with van der Waals surface area (Å²) < 4.78 is 9.84. The van der Waals surface area contributed by atoms with Crippen LogP contribution in [-0.4, -0.2) is 31.4 Å². The van der Waals surface area contributed by atoms with Crippen LogP contribution in [0.1, 0.15) is 16.1 Å². The van der Waals surface area contributed by atoms with Crippen molar-refractivity contribution < 1.29 is 23.5 Å². The van der Waals surface area contributed by atoms with Crippen molar-refractivity contribution in [1.29, 1.82) is 0 Å². The molecule has 7 heteroatoms. The van der Waals surface area contributed by atoms with Gasteiger partial charge in [-0.05, 0) is 36.4 Å². The Balaban J connectivity index is 1.83. The van der Waals surface area contributed by atoms with E-state index in [-0.39, 0.29) is 5.91 Å². The van der Waals surface area contributed by atoms with Crippen LogP contribution in [0.4, 0.5) is 5.69 Å². The molecule has 2 rings (SSSR count). The van der Waals surface area contributed by atoms with Gasteiger partial charge in [-0.1, -0.05) is 6.07 Å². The van der Waals surface area contributed by atoms with Crippen molar-refractivity contribution in [3.8, 4) is 0 Å². The molecule has 2 N–H and O–H groups in total. The van der Waals surface area contributed by atoms with Gasteiger partial charge in [0, 0.05) is 24.4 Å². The summed E-state index contributed by atoms with van der Waals surface area (Å²) in [5.41, 5.74) is 0.844. The minimum atomic E-state index is -0.666. The molecule has 2 aromatic rings. The van der Waals surface area contributed by atoms with Gasteiger partial charge in [0.15, 0.2) is 6.61 Å². The Morgan fingerprint density at radius 2 is 2.04 bits per heavy atom. The first-order valence-electron chi connectivity index (χ1n) is 7.09. The van der Waals surface area contributed by atoms with Gasteiger partial charge in [0.25, 0.3) is 11.8 Å². The number of ether oxygens (including phenoxy) is 1. The molecule has 24 heavy (non-hydrogen) atoms. The lowest BCUT2D eigenvalue weighted by Gasteiger charge is -2.07. The summed E-state index contributed by atoms with van der Waals surface area (Å²) in [5, 5.41) is 5.04. The molecular formula is C17H16N2O5. The highest BCUT2D eigenvalue weighted by atomic mass is 16.5. The maximum atomic E-state index is 11.8. The Kier molecular flexibility index (Phi) is 5.90. The van der Waals surface area contributed by atoms with E-state index in [1.807, 2.05) is 0 Å². The van der Waals surface area contributed by atoms with E-state index in [2.05, 4.69) is 10.6 Å². The lowest BCUT2D eigenvalue weighted by atomic mass is 10.2. The fraction of sp³-hybridized carbons (Fsp3) is 0.118. The van der Waals surface area contributed by atoms with Crippen LogP contribution in [0.15, 0.2) is 53.2 Å². The maximum absolute atomic E-state index is 11.8. The molecular weight excluding hydrogens is 312 g/mol. The number of carbonyl (C=O) groups is 3. The number of hydrogen-bond acceptors (Lipinski definition) is 5. The molecule has 0 bridgehead atoms. The Bertz CT molecular complexity index is 750. The van der Waals surface area contributed by atoms with Gasteiger partial charge < -0.3 is 19.8 Å². The minimum absolute atomic E-state index is 0.263. The summed E-state index contributed by atoms with van der Waals surface area (Å²) in [6, 6.07) is 9.77. The van der Waals surface area contributed by atoms with Crippen molar-refractivity contribution in [3.05, 3.63) is 60.1 Å². The lowest BCUT2D eigenvalue weighted by Crippen LogP contribution is -2.21. The molecule has 2 amide bonds. The van der Waals surface area contributed by atoms with Crippen molar-refractivity contribution >= 4 is 29.5 Å². The fourth-order valence-electron chi connectivity index (χ4n) is 1.80.